The first-order valence-corrected chi connectivity index (χ1v) is 7.55. The number of non-ortho nitro benzene ring substituents is 1. The van der Waals surface area contributed by atoms with Gasteiger partial charge in [-0.15, -0.1) is 0 Å². The summed E-state index contributed by atoms with van der Waals surface area (Å²) in [5.41, 5.74) is 0.962. The van der Waals surface area contributed by atoms with Crippen molar-refractivity contribution < 1.29 is 19.3 Å². The van der Waals surface area contributed by atoms with E-state index in [-0.39, 0.29) is 11.3 Å². The molecule has 9 nitrogen and oxygen atoms in total. The molecule has 1 aromatic carbocycles. The van der Waals surface area contributed by atoms with Gasteiger partial charge in [0.25, 0.3) is 17.5 Å². The summed E-state index contributed by atoms with van der Waals surface area (Å²) in [5.74, 6) is -1.37. The Kier molecular flexibility index (Phi) is 4.13. The Balaban J connectivity index is 2.02. The number of nitro groups is 1. The van der Waals surface area contributed by atoms with E-state index in [4.69, 9.17) is 0 Å². The molecule has 1 saturated heterocycles. The van der Waals surface area contributed by atoms with Crippen LogP contribution in [-0.2, 0) is 9.59 Å². The topological polar surface area (TPSA) is 106 Å². The Morgan fingerprint density at radius 3 is 2.08 bits per heavy atom. The molecular formula is C17H14N4O5. The molecule has 26 heavy (non-hydrogen) atoms. The number of likely N-dealkylation sites (N-methyl/N-ethyl adjacent to an activating group) is 2. The van der Waals surface area contributed by atoms with Crippen LogP contribution < -0.4 is 0 Å². The highest BCUT2D eigenvalue weighted by molar-refractivity contribution is 6.30. The predicted octanol–water partition coefficient (Wildman–Crippen LogP) is 1.82. The van der Waals surface area contributed by atoms with E-state index < -0.39 is 22.8 Å². The number of urea groups is 1. The molecule has 1 aliphatic heterocycles. The number of rotatable bonds is 3. The first-order chi connectivity index (χ1) is 12.3. The number of carbonyl (C=O) groups excluding carboxylic acids is 3. The Labute approximate surface area is 147 Å². The number of nitro benzene ring substituents is 1. The summed E-state index contributed by atoms with van der Waals surface area (Å²) in [4.78, 5) is 48.4. The molecule has 0 bridgehead atoms. The zero-order valence-corrected chi connectivity index (χ0v) is 13.9. The number of barbiturate groups is 1. The molecule has 1 aliphatic rings. The SMILES string of the molecule is CN1C(=O)C(=Cc2cccn2-c2ccc([N+](=O)[O-])cc2)C(=O)N(C)C1=O. The van der Waals surface area contributed by atoms with Gasteiger partial charge in [0.1, 0.15) is 5.57 Å². The molecule has 132 valence electrons. The van der Waals surface area contributed by atoms with Crippen molar-refractivity contribution in [3.63, 3.8) is 0 Å². The van der Waals surface area contributed by atoms with Gasteiger partial charge in [-0.3, -0.25) is 29.5 Å². The zero-order valence-electron chi connectivity index (χ0n) is 13.9. The van der Waals surface area contributed by atoms with Gasteiger partial charge in [0.15, 0.2) is 0 Å². The molecule has 1 aromatic heterocycles. The van der Waals surface area contributed by atoms with Gasteiger partial charge in [-0.2, -0.15) is 0 Å². The van der Waals surface area contributed by atoms with E-state index in [1.807, 2.05) is 0 Å². The number of nitrogens with zero attached hydrogens (tertiary/aromatic N) is 4. The second kappa shape index (κ2) is 6.28. The van der Waals surface area contributed by atoms with Crippen LogP contribution in [0.1, 0.15) is 5.69 Å². The van der Waals surface area contributed by atoms with Crippen LogP contribution in [0.5, 0.6) is 0 Å². The minimum absolute atomic E-state index is 0.0415. The molecule has 2 aromatic rings. The fraction of sp³-hybridized carbons (Fsp3) is 0.118. The van der Waals surface area contributed by atoms with Crippen LogP contribution in [0.2, 0.25) is 0 Å². The van der Waals surface area contributed by atoms with Crippen molar-refractivity contribution in [3.8, 4) is 5.69 Å². The van der Waals surface area contributed by atoms with Crippen LogP contribution in [0, 0.1) is 10.1 Å². The second-order valence-corrected chi connectivity index (χ2v) is 5.65. The minimum Gasteiger partial charge on any atom is -0.317 e. The van der Waals surface area contributed by atoms with Gasteiger partial charge in [0, 0.05) is 43.8 Å². The molecule has 0 atom stereocenters. The minimum atomic E-state index is -0.692. The van der Waals surface area contributed by atoms with Gasteiger partial charge in [0.05, 0.1) is 4.92 Å². The summed E-state index contributed by atoms with van der Waals surface area (Å²) in [6, 6.07) is 8.56. The van der Waals surface area contributed by atoms with Crippen molar-refractivity contribution in [3.05, 3.63) is 64.0 Å². The molecular weight excluding hydrogens is 340 g/mol. The summed E-state index contributed by atoms with van der Waals surface area (Å²) in [6.07, 6.45) is 3.09. The largest absolute Gasteiger partial charge is 0.333 e. The van der Waals surface area contributed by atoms with Gasteiger partial charge in [-0.1, -0.05) is 0 Å². The van der Waals surface area contributed by atoms with Crippen LogP contribution >= 0.6 is 0 Å². The molecule has 4 amide bonds. The van der Waals surface area contributed by atoms with Gasteiger partial charge in [-0.25, -0.2) is 4.79 Å². The molecule has 1 fully saturated rings. The number of imide groups is 2. The van der Waals surface area contributed by atoms with Crippen LogP contribution in [0.25, 0.3) is 11.8 Å². The molecule has 2 heterocycles. The van der Waals surface area contributed by atoms with Gasteiger partial charge >= 0.3 is 6.03 Å². The molecule has 3 rings (SSSR count). The summed E-state index contributed by atoms with van der Waals surface area (Å²) in [6.45, 7) is 0. The standard InChI is InChI=1S/C17H14N4O5/c1-18-15(22)14(16(23)19(2)17(18)24)10-13-4-3-9-20(13)11-5-7-12(8-6-11)21(25)26/h3-10H,1-2H3. The molecule has 0 unspecified atom stereocenters. The van der Waals surface area contributed by atoms with Gasteiger partial charge in [0.2, 0.25) is 0 Å². The maximum atomic E-state index is 12.3. The lowest BCUT2D eigenvalue weighted by molar-refractivity contribution is -0.384. The zero-order chi connectivity index (χ0) is 19.0. The van der Waals surface area contributed by atoms with Crippen LogP contribution in [-0.4, -0.2) is 51.2 Å². The molecule has 0 N–H and O–H groups in total. The first-order valence-electron chi connectivity index (χ1n) is 7.55. The third kappa shape index (κ3) is 2.75. The summed E-state index contributed by atoms with van der Waals surface area (Å²) in [5, 5.41) is 10.8. The number of carbonyl (C=O) groups is 3. The average Bonchev–Trinajstić information content (AvgIpc) is 3.10. The lowest BCUT2D eigenvalue weighted by atomic mass is 10.1. The number of amides is 4. The number of hydrogen-bond acceptors (Lipinski definition) is 5. The van der Waals surface area contributed by atoms with Crippen molar-refractivity contribution in [2.75, 3.05) is 14.1 Å². The van der Waals surface area contributed by atoms with E-state index in [1.54, 1.807) is 35.0 Å². The third-order valence-corrected chi connectivity index (χ3v) is 4.06. The Bertz CT molecular complexity index is 932. The Morgan fingerprint density at radius 1 is 0.962 bits per heavy atom. The highest BCUT2D eigenvalue weighted by Crippen LogP contribution is 2.22. The van der Waals surface area contributed by atoms with E-state index in [0.29, 0.717) is 11.4 Å². The number of aromatic nitrogens is 1. The van der Waals surface area contributed by atoms with Crippen molar-refractivity contribution in [2.24, 2.45) is 0 Å². The Morgan fingerprint density at radius 2 is 1.54 bits per heavy atom. The number of benzene rings is 1. The highest BCUT2D eigenvalue weighted by Gasteiger charge is 2.37. The summed E-state index contributed by atoms with van der Waals surface area (Å²) in [7, 11) is 2.60. The van der Waals surface area contributed by atoms with E-state index in [0.717, 1.165) is 9.80 Å². The van der Waals surface area contributed by atoms with Gasteiger partial charge in [-0.05, 0) is 30.3 Å². The third-order valence-electron chi connectivity index (χ3n) is 4.06. The number of hydrogen-bond donors (Lipinski definition) is 0. The molecule has 0 aliphatic carbocycles. The van der Waals surface area contributed by atoms with Crippen molar-refractivity contribution in [1.29, 1.82) is 0 Å². The summed E-state index contributed by atoms with van der Waals surface area (Å²) < 4.78 is 1.67. The van der Waals surface area contributed by atoms with Crippen molar-refractivity contribution >= 4 is 29.6 Å². The van der Waals surface area contributed by atoms with Gasteiger partial charge < -0.3 is 4.57 Å². The van der Waals surface area contributed by atoms with E-state index >= 15 is 0 Å². The fourth-order valence-corrected chi connectivity index (χ4v) is 2.60. The molecule has 0 saturated carbocycles. The van der Waals surface area contributed by atoms with Crippen LogP contribution in [0.4, 0.5) is 10.5 Å². The molecule has 9 heteroatoms. The van der Waals surface area contributed by atoms with E-state index in [9.17, 15) is 24.5 Å². The second-order valence-electron chi connectivity index (χ2n) is 5.65. The maximum Gasteiger partial charge on any atom is 0.333 e. The molecule has 0 spiro atoms. The summed E-state index contributed by atoms with van der Waals surface area (Å²) >= 11 is 0. The smallest absolute Gasteiger partial charge is 0.317 e. The van der Waals surface area contributed by atoms with Crippen molar-refractivity contribution in [1.82, 2.24) is 14.4 Å². The Hall–Kier alpha value is -3.75. The monoisotopic (exact) mass is 354 g/mol. The lowest BCUT2D eigenvalue weighted by Crippen LogP contribution is -2.52. The highest BCUT2D eigenvalue weighted by atomic mass is 16.6. The first kappa shape index (κ1) is 17.1. The lowest BCUT2D eigenvalue weighted by Gasteiger charge is -2.28. The van der Waals surface area contributed by atoms with Crippen LogP contribution in [0.15, 0.2) is 48.2 Å². The van der Waals surface area contributed by atoms with Crippen LogP contribution in [0.3, 0.4) is 0 Å². The predicted molar refractivity (Wildman–Crippen MR) is 91.3 cm³/mol. The van der Waals surface area contributed by atoms with E-state index in [2.05, 4.69) is 0 Å². The fourth-order valence-electron chi connectivity index (χ4n) is 2.60. The molecule has 0 radical (unpaired) electrons. The quantitative estimate of drug-likeness (QED) is 0.362. The van der Waals surface area contributed by atoms with E-state index in [1.165, 1.54) is 32.3 Å². The maximum absolute atomic E-state index is 12.3. The normalized spacial score (nSPS) is 14.8. The van der Waals surface area contributed by atoms with Crippen molar-refractivity contribution in [2.45, 2.75) is 0 Å². The average molecular weight is 354 g/mol.